The minimum absolute atomic E-state index is 0.291. The first-order valence-electron chi connectivity index (χ1n) is 8.20. The van der Waals surface area contributed by atoms with Gasteiger partial charge in [-0.25, -0.2) is 0 Å². The topological polar surface area (TPSA) is 12.0 Å². The summed E-state index contributed by atoms with van der Waals surface area (Å²) in [5.41, 5.74) is 3.37. The van der Waals surface area contributed by atoms with E-state index in [0.29, 0.717) is 10.8 Å². The second-order valence-electron chi connectivity index (χ2n) is 7.37. The fourth-order valence-electron chi connectivity index (χ4n) is 1.94. The second kappa shape index (κ2) is 9.87. The molecule has 0 saturated carbocycles. The number of thioether (sulfide) groups is 1. The molecule has 2 heteroatoms. The van der Waals surface area contributed by atoms with Crippen LogP contribution in [0.5, 0.6) is 0 Å². The van der Waals surface area contributed by atoms with Crippen LogP contribution in [0.3, 0.4) is 0 Å². The summed E-state index contributed by atoms with van der Waals surface area (Å²) in [6.07, 6.45) is 9.18. The van der Waals surface area contributed by atoms with Crippen LogP contribution in [0.1, 0.15) is 52.7 Å². The van der Waals surface area contributed by atoms with E-state index in [1.165, 1.54) is 16.0 Å². The molecule has 0 amide bonds. The summed E-state index contributed by atoms with van der Waals surface area (Å²) in [5.74, 6) is 0. The quantitative estimate of drug-likeness (QED) is 0.625. The maximum atomic E-state index is 3.37. The normalized spacial score (nSPS) is 11.8. The molecule has 0 saturated heterocycles. The summed E-state index contributed by atoms with van der Waals surface area (Å²) in [7, 11) is 1.81. The molecule has 0 spiro atoms. The van der Waals surface area contributed by atoms with Crippen LogP contribution in [0.25, 0.3) is 6.08 Å². The van der Waals surface area contributed by atoms with Gasteiger partial charge in [0.25, 0.3) is 0 Å². The summed E-state index contributed by atoms with van der Waals surface area (Å²) < 4.78 is 0. The molecule has 130 valence electrons. The molecule has 23 heavy (non-hydrogen) atoms. The zero-order chi connectivity index (χ0) is 18.1. The van der Waals surface area contributed by atoms with E-state index >= 15 is 0 Å². The van der Waals surface area contributed by atoms with E-state index in [9.17, 15) is 0 Å². The lowest BCUT2D eigenvalue weighted by Crippen LogP contribution is -2.31. The molecular formula is C21H35NS. The fraction of sp³-hybridized carbons (Fsp3) is 0.524. The third kappa shape index (κ3) is 7.30. The molecule has 1 aromatic carbocycles. The van der Waals surface area contributed by atoms with Gasteiger partial charge in [-0.3, -0.25) is 0 Å². The first kappa shape index (κ1) is 21.9. The fourth-order valence-corrected chi connectivity index (χ4v) is 2.60. The van der Waals surface area contributed by atoms with Crippen molar-refractivity contribution in [1.29, 1.82) is 0 Å². The van der Waals surface area contributed by atoms with Gasteiger partial charge in [0.15, 0.2) is 0 Å². The van der Waals surface area contributed by atoms with Crippen molar-refractivity contribution in [2.45, 2.75) is 52.9 Å². The maximum Gasteiger partial charge on any atom is 0.0107 e. The number of nitrogens with one attached hydrogen (secondary N) is 1. The average molecular weight is 334 g/mol. The Balaban J connectivity index is 0.00000108. The Bertz CT molecular complexity index is 507. The van der Waals surface area contributed by atoms with E-state index in [2.05, 4.69) is 90.0 Å². The predicted octanol–water partition coefficient (Wildman–Crippen LogP) is 6.41. The highest BCUT2D eigenvalue weighted by Gasteiger charge is 2.33. The van der Waals surface area contributed by atoms with Crippen LogP contribution in [0.2, 0.25) is 0 Å². The van der Waals surface area contributed by atoms with E-state index in [1.54, 1.807) is 6.20 Å². The lowest BCUT2D eigenvalue weighted by atomic mass is 9.66. The van der Waals surface area contributed by atoms with Gasteiger partial charge in [-0.1, -0.05) is 65.5 Å². The molecule has 0 bridgehead atoms. The van der Waals surface area contributed by atoms with Crippen molar-refractivity contribution in [3.05, 3.63) is 48.2 Å². The molecule has 0 aliphatic heterocycles. The Morgan fingerprint density at radius 1 is 1.17 bits per heavy atom. The zero-order valence-corrected chi connectivity index (χ0v) is 17.1. The van der Waals surface area contributed by atoms with E-state index in [0.717, 1.165) is 6.42 Å². The number of allylic oxidation sites excluding steroid dienone is 1. The number of hydrogen-bond acceptors (Lipinski definition) is 2. The molecule has 0 unspecified atom stereocenters. The highest BCUT2D eigenvalue weighted by Crippen LogP contribution is 2.42. The molecule has 1 N–H and O–H groups in total. The van der Waals surface area contributed by atoms with Crippen molar-refractivity contribution >= 4 is 17.8 Å². The van der Waals surface area contributed by atoms with Gasteiger partial charge in [0.2, 0.25) is 0 Å². The van der Waals surface area contributed by atoms with E-state index in [-0.39, 0.29) is 0 Å². The average Bonchev–Trinajstić information content (AvgIpc) is 2.48. The van der Waals surface area contributed by atoms with Crippen molar-refractivity contribution in [2.24, 2.45) is 10.8 Å². The van der Waals surface area contributed by atoms with Crippen LogP contribution < -0.4 is 5.32 Å². The van der Waals surface area contributed by atoms with E-state index in [4.69, 9.17) is 0 Å². The zero-order valence-electron chi connectivity index (χ0n) is 16.3. The van der Waals surface area contributed by atoms with Crippen LogP contribution in [-0.2, 0) is 6.42 Å². The first-order valence-corrected chi connectivity index (χ1v) is 9.43. The molecule has 0 atom stereocenters. The standard InChI is InChI=1S/C18H28S.C3H7N/c1-8-9-14-10-11-15(16(12-14)19-7)13-18(5,6)17(2,3)4;1-3-4-2/h8-12H,13H2,1-7H3;3-4H,1H2,2H3/b9-8+;. The highest BCUT2D eigenvalue weighted by atomic mass is 32.2. The van der Waals surface area contributed by atoms with Crippen molar-refractivity contribution in [1.82, 2.24) is 5.32 Å². The Morgan fingerprint density at radius 2 is 1.74 bits per heavy atom. The van der Waals surface area contributed by atoms with Gasteiger partial charge in [0, 0.05) is 11.9 Å². The van der Waals surface area contributed by atoms with Crippen LogP contribution in [0.4, 0.5) is 0 Å². The van der Waals surface area contributed by atoms with Gasteiger partial charge in [-0.2, -0.15) is 0 Å². The third-order valence-corrected chi connectivity index (χ3v) is 5.36. The van der Waals surface area contributed by atoms with E-state index < -0.39 is 0 Å². The molecule has 1 rings (SSSR count). The van der Waals surface area contributed by atoms with Gasteiger partial charge in [-0.05, 0) is 53.8 Å². The maximum absolute atomic E-state index is 3.37. The smallest absolute Gasteiger partial charge is 0.0107 e. The van der Waals surface area contributed by atoms with Crippen LogP contribution in [-0.4, -0.2) is 13.3 Å². The van der Waals surface area contributed by atoms with Crippen molar-refractivity contribution < 1.29 is 0 Å². The summed E-state index contributed by atoms with van der Waals surface area (Å²) in [5, 5.41) is 2.69. The third-order valence-electron chi connectivity index (χ3n) is 4.54. The SMILES string of the molecule is C/C=C/c1ccc(CC(C)(C)C(C)(C)C)c(SC)c1.C=CNC. The first-order chi connectivity index (χ1) is 10.6. The molecule has 0 fully saturated rings. The van der Waals surface area contributed by atoms with Crippen molar-refractivity contribution in [3.63, 3.8) is 0 Å². The largest absolute Gasteiger partial charge is 0.394 e. The minimum atomic E-state index is 0.291. The Labute approximate surface area is 148 Å². The lowest BCUT2D eigenvalue weighted by Gasteiger charge is -2.39. The lowest BCUT2D eigenvalue weighted by molar-refractivity contribution is 0.131. The second-order valence-corrected chi connectivity index (χ2v) is 8.22. The molecule has 0 aliphatic carbocycles. The molecule has 0 heterocycles. The van der Waals surface area contributed by atoms with Crippen LogP contribution in [0, 0.1) is 10.8 Å². The number of benzene rings is 1. The molecule has 1 nitrogen and oxygen atoms in total. The molecule has 0 aromatic heterocycles. The van der Waals surface area contributed by atoms with Gasteiger partial charge < -0.3 is 5.32 Å². The summed E-state index contributed by atoms with van der Waals surface area (Å²) in [6, 6.07) is 6.83. The Morgan fingerprint density at radius 3 is 2.13 bits per heavy atom. The summed E-state index contributed by atoms with van der Waals surface area (Å²) in [6.45, 7) is 17.2. The molecule has 0 aliphatic rings. The van der Waals surface area contributed by atoms with Gasteiger partial charge in [0.1, 0.15) is 0 Å². The minimum Gasteiger partial charge on any atom is -0.394 e. The molecule has 0 radical (unpaired) electrons. The Hall–Kier alpha value is -1.15. The Kier molecular flexibility index (Phi) is 9.38. The van der Waals surface area contributed by atoms with Crippen LogP contribution >= 0.6 is 11.8 Å². The number of hydrogen-bond donors (Lipinski definition) is 1. The molecule has 1 aromatic rings. The summed E-state index contributed by atoms with van der Waals surface area (Å²) in [4.78, 5) is 1.41. The van der Waals surface area contributed by atoms with Crippen molar-refractivity contribution in [2.75, 3.05) is 13.3 Å². The van der Waals surface area contributed by atoms with Gasteiger partial charge >= 0.3 is 0 Å². The number of rotatable bonds is 5. The monoisotopic (exact) mass is 333 g/mol. The molecular weight excluding hydrogens is 298 g/mol. The van der Waals surface area contributed by atoms with Gasteiger partial charge in [-0.15, -0.1) is 11.8 Å². The van der Waals surface area contributed by atoms with Gasteiger partial charge in [0.05, 0.1) is 0 Å². The highest BCUT2D eigenvalue weighted by molar-refractivity contribution is 7.98. The summed E-state index contributed by atoms with van der Waals surface area (Å²) >= 11 is 1.85. The predicted molar refractivity (Wildman–Crippen MR) is 109 cm³/mol. The van der Waals surface area contributed by atoms with Crippen molar-refractivity contribution in [3.8, 4) is 0 Å². The van der Waals surface area contributed by atoms with Crippen LogP contribution in [0.15, 0.2) is 41.9 Å². The van der Waals surface area contributed by atoms with E-state index in [1.807, 2.05) is 18.8 Å².